The van der Waals surface area contributed by atoms with E-state index in [0.717, 1.165) is 48.1 Å². The van der Waals surface area contributed by atoms with E-state index < -0.39 is 0 Å². The van der Waals surface area contributed by atoms with E-state index in [-0.39, 0.29) is 24.1 Å². The number of halogens is 1. The highest BCUT2D eigenvalue weighted by atomic mass is 35.5. The second-order valence-electron chi connectivity index (χ2n) is 7.60. The Morgan fingerprint density at radius 1 is 1.03 bits per heavy atom. The topological polar surface area (TPSA) is 23.6 Å². The molecule has 3 rings (SSSR count). The quantitative estimate of drug-likeness (QED) is 0.441. The van der Waals surface area contributed by atoms with Crippen molar-refractivity contribution in [3.63, 3.8) is 0 Å². The number of likely N-dealkylation sites (tertiary alicyclic amines) is 1. The molecule has 1 heterocycles. The van der Waals surface area contributed by atoms with Crippen LogP contribution in [-0.2, 0) is 12.3 Å². The van der Waals surface area contributed by atoms with Crippen LogP contribution in [0.2, 0.25) is 0 Å². The summed E-state index contributed by atoms with van der Waals surface area (Å²) in [6.07, 6.45) is 1.76. The predicted molar refractivity (Wildman–Crippen MR) is 130 cm³/mol. The first kappa shape index (κ1) is 23.9. The minimum Gasteiger partial charge on any atom is -0.357 e. The van der Waals surface area contributed by atoms with Gasteiger partial charge in [0.25, 0.3) is 0 Å². The number of Topliss-reactive ketones (excluding diaryl/α,β-unsaturated/α-hetero) is 1. The van der Waals surface area contributed by atoms with Gasteiger partial charge in [0.1, 0.15) is 4.32 Å². The highest BCUT2D eigenvalue weighted by Crippen LogP contribution is 2.25. The zero-order valence-corrected chi connectivity index (χ0v) is 19.5. The van der Waals surface area contributed by atoms with E-state index in [2.05, 4.69) is 60.3 Å². The van der Waals surface area contributed by atoms with Gasteiger partial charge in [-0.2, -0.15) is 0 Å². The van der Waals surface area contributed by atoms with Crippen LogP contribution in [0.1, 0.15) is 34.3 Å². The summed E-state index contributed by atoms with van der Waals surface area (Å²) in [5.74, 6) is 1.29. The third-order valence-electron chi connectivity index (χ3n) is 5.07. The molecular formula is C23H29ClN2OS2. The number of thiocarbonyl (C=S) groups is 1. The zero-order valence-electron chi connectivity index (χ0n) is 17.0. The second kappa shape index (κ2) is 11.7. The second-order valence-corrected chi connectivity index (χ2v) is 9.21. The third-order valence-corrected chi connectivity index (χ3v) is 6.66. The lowest BCUT2D eigenvalue weighted by Crippen LogP contribution is -2.38. The molecule has 0 aromatic heterocycles. The van der Waals surface area contributed by atoms with Gasteiger partial charge in [-0.1, -0.05) is 78.6 Å². The maximum atomic E-state index is 12.9. The van der Waals surface area contributed by atoms with Gasteiger partial charge in [0.15, 0.2) is 5.78 Å². The van der Waals surface area contributed by atoms with E-state index in [9.17, 15) is 4.79 Å². The van der Waals surface area contributed by atoms with Crippen LogP contribution in [0.3, 0.4) is 0 Å². The molecule has 0 radical (unpaired) electrons. The molecule has 0 aliphatic carbocycles. The predicted octanol–water partition coefficient (Wildman–Crippen LogP) is 5.28. The van der Waals surface area contributed by atoms with Gasteiger partial charge in [0.05, 0.1) is 0 Å². The van der Waals surface area contributed by atoms with Gasteiger partial charge in [-0.25, -0.2) is 0 Å². The molecule has 3 nitrogen and oxygen atoms in total. The lowest BCUT2D eigenvalue weighted by Gasteiger charge is -2.32. The van der Waals surface area contributed by atoms with Crippen LogP contribution in [0.15, 0.2) is 54.6 Å². The van der Waals surface area contributed by atoms with Crippen molar-refractivity contribution in [2.24, 2.45) is 5.92 Å². The number of carbonyl (C=O) groups is 1. The number of ketones is 1. The lowest BCUT2D eigenvalue weighted by molar-refractivity contribution is 0.0874. The molecule has 2 aromatic carbocycles. The summed E-state index contributed by atoms with van der Waals surface area (Å²) < 4.78 is 0.947. The molecule has 156 valence electrons. The number of nitrogens with zero attached hydrogens (tertiary/aromatic N) is 2. The summed E-state index contributed by atoms with van der Waals surface area (Å²) in [7, 11) is 4.10. The fraction of sp³-hybridized carbons (Fsp3) is 0.391. The maximum Gasteiger partial charge on any atom is 0.166 e. The van der Waals surface area contributed by atoms with Crippen LogP contribution in [0.4, 0.5) is 0 Å². The highest BCUT2D eigenvalue weighted by Gasteiger charge is 2.26. The van der Waals surface area contributed by atoms with Gasteiger partial charge in [0.2, 0.25) is 0 Å². The van der Waals surface area contributed by atoms with Crippen molar-refractivity contribution in [1.29, 1.82) is 0 Å². The molecule has 29 heavy (non-hydrogen) atoms. The SMILES string of the molecule is CN(C)Cc1ccc(C(=O)C2CCN(C(=S)SCc3ccccc3)CC2)cc1.Cl. The van der Waals surface area contributed by atoms with Gasteiger partial charge in [-0.05, 0) is 38.1 Å². The highest BCUT2D eigenvalue weighted by molar-refractivity contribution is 8.22. The maximum absolute atomic E-state index is 12.9. The molecule has 1 fully saturated rings. The van der Waals surface area contributed by atoms with E-state index in [1.54, 1.807) is 11.8 Å². The van der Waals surface area contributed by atoms with E-state index in [1.165, 1.54) is 11.1 Å². The van der Waals surface area contributed by atoms with Crippen LogP contribution in [-0.4, -0.2) is 47.1 Å². The summed E-state index contributed by atoms with van der Waals surface area (Å²) in [5, 5.41) is 0. The molecular weight excluding hydrogens is 420 g/mol. The Morgan fingerprint density at radius 2 is 1.66 bits per heavy atom. The molecule has 0 atom stereocenters. The summed E-state index contributed by atoms with van der Waals surface area (Å²) in [4.78, 5) is 17.2. The van der Waals surface area contributed by atoms with Crippen LogP contribution < -0.4 is 0 Å². The Labute approximate surface area is 190 Å². The van der Waals surface area contributed by atoms with E-state index in [4.69, 9.17) is 12.2 Å². The Hall–Kier alpha value is -1.40. The molecule has 0 amide bonds. The fourth-order valence-electron chi connectivity index (χ4n) is 3.51. The molecule has 1 saturated heterocycles. The normalized spacial score (nSPS) is 14.5. The smallest absolute Gasteiger partial charge is 0.166 e. The number of rotatable bonds is 6. The summed E-state index contributed by atoms with van der Waals surface area (Å²) in [6, 6.07) is 18.5. The number of carbonyl (C=O) groups excluding carboxylic acids is 1. The number of hydrogen-bond acceptors (Lipinski definition) is 4. The number of piperidine rings is 1. The summed E-state index contributed by atoms with van der Waals surface area (Å²) in [5.41, 5.74) is 3.36. The lowest BCUT2D eigenvalue weighted by atomic mass is 9.89. The Balaban J connectivity index is 0.00000300. The Morgan fingerprint density at radius 3 is 2.24 bits per heavy atom. The third kappa shape index (κ3) is 7.10. The first-order valence-corrected chi connectivity index (χ1v) is 11.2. The van der Waals surface area contributed by atoms with Crippen LogP contribution in [0, 0.1) is 5.92 Å². The standard InChI is InChI=1S/C23H28N2OS2.ClH/c1-24(2)16-18-8-10-20(11-9-18)22(26)21-12-14-25(15-13-21)23(27)28-17-19-6-4-3-5-7-19;/h3-11,21H,12-17H2,1-2H3;1H. The molecule has 0 unspecified atom stereocenters. The molecule has 1 aliphatic rings. The summed E-state index contributed by atoms with van der Waals surface area (Å²) >= 11 is 7.34. The van der Waals surface area contributed by atoms with Crippen LogP contribution in [0.25, 0.3) is 0 Å². The van der Waals surface area contributed by atoms with Gasteiger partial charge in [0, 0.05) is 36.9 Å². The first-order valence-electron chi connectivity index (χ1n) is 9.76. The van der Waals surface area contributed by atoms with Crippen molar-refractivity contribution in [2.75, 3.05) is 27.2 Å². The van der Waals surface area contributed by atoms with Gasteiger partial charge in [-0.15, -0.1) is 12.4 Å². The number of benzene rings is 2. The van der Waals surface area contributed by atoms with Crippen molar-refractivity contribution in [3.8, 4) is 0 Å². The largest absolute Gasteiger partial charge is 0.357 e. The van der Waals surface area contributed by atoms with Gasteiger partial charge >= 0.3 is 0 Å². The molecule has 0 saturated carbocycles. The summed E-state index contributed by atoms with van der Waals surface area (Å²) in [6.45, 7) is 2.64. The van der Waals surface area contributed by atoms with E-state index >= 15 is 0 Å². The average Bonchev–Trinajstić information content (AvgIpc) is 2.72. The molecule has 1 aliphatic heterocycles. The van der Waals surface area contributed by atoms with Gasteiger partial charge in [-0.3, -0.25) is 4.79 Å². The van der Waals surface area contributed by atoms with Crippen molar-refractivity contribution in [3.05, 3.63) is 71.3 Å². The molecule has 6 heteroatoms. The minimum absolute atomic E-state index is 0. The van der Waals surface area contributed by atoms with E-state index in [1.807, 2.05) is 18.2 Å². The number of thioether (sulfide) groups is 1. The van der Waals surface area contributed by atoms with Crippen molar-refractivity contribution in [1.82, 2.24) is 9.80 Å². The van der Waals surface area contributed by atoms with Crippen LogP contribution >= 0.6 is 36.4 Å². The van der Waals surface area contributed by atoms with Crippen LogP contribution in [0.5, 0.6) is 0 Å². The fourth-order valence-corrected chi connectivity index (χ4v) is 4.72. The Bertz CT molecular complexity index is 788. The molecule has 0 spiro atoms. The minimum atomic E-state index is 0. The van der Waals surface area contributed by atoms with E-state index in [0.29, 0.717) is 0 Å². The zero-order chi connectivity index (χ0) is 19.9. The average molecular weight is 449 g/mol. The van der Waals surface area contributed by atoms with Crippen molar-refractivity contribution < 1.29 is 4.79 Å². The number of hydrogen-bond donors (Lipinski definition) is 0. The Kier molecular flexibility index (Phi) is 9.63. The van der Waals surface area contributed by atoms with Crippen molar-refractivity contribution in [2.45, 2.75) is 25.1 Å². The molecule has 0 N–H and O–H groups in total. The first-order chi connectivity index (χ1) is 13.5. The monoisotopic (exact) mass is 448 g/mol. The van der Waals surface area contributed by atoms with Crippen molar-refractivity contribution >= 4 is 46.5 Å². The van der Waals surface area contributed by atoms with Gasteiger partial charge < -0.3 is 9.80 Å². The molecule has 2 aromatic rings. The molecule has 0 bridgehead atoms.